The highest BCUT2D eigenvalue weighted by atomic mass is 16.2. The standard InChI is InChI=1S/C14H26N2O2/c1-10(2)13-8-15(12(5)17)6-7-16(9-13)14(18)11(3)4/h10-11,13H,6-9H2,1-5H3/t13-/m0/s1. The molecular formula is C14H26N2O2. The zero-order valence-corrected chi connectivity index (χ0v) is 12.3. The lowest BCUT2D eigenvalue weighted by atomic mass is 9.94. The summed E-state index contributed by atoms with van der Waals surface area (Å²) < 4.78 is 0. The lowest BCUT2D eigenvalue weighted by Crippen LogP contribution is -2.39. The van der Waals surface area contributed by atoms with E-state index in [1.54, 1.807) is 6.92 Å². The van der Waals surface area contributed by atoms with Crippen LogP contribution in [0.3, 0.4) is 0 Å². The molecule has 1 aliphatic rings. The maximum absolute atomic E-state index is 12.1. The van der Waals surface area contributed by atoms with Gasteiger partial charge in [0, 0.05) is 39.0 Å². The molecule has 1 aliphatic heterocycles. The molecule has 0 spiro atoms. The minimum Gasteiger partial charge on any atom is -0.341 e. The van der Waals surface area contributed by atoms with E-state index in [9.17, 15) is 9.59 Å². The summed E-state index contributed by atoms with van der Waals surface area (Å²) in [6.45, 7) is 12.7. The molecule has 4 heteroatoms. The van der Waals surface area contributed by atoms with Crippen molar-refractivity contribution in [2.45, 2.75) is 34.6 Å². The number of hydrogen-bond donors (Lipinski definition) is 0. The van der Waals surface area contributed by atoms with E-state index in [0.29, 0.717) is 24.9 Å². The highest BCUT2D eigenvalue weighted by molar-refractivity contribution is 5.78. The molecule has 0 radical (unpaired) electrons. The lowest BCUT2D eigenvalue weighted by molar-refractivity contribution is -0.135. The van der Waals surface area contributed by atoms with Crippen molar-refractivity contribution >= 4 is 11.8 Å². The Morgan fingerprint density at radius 2 is 1.50 bits per heavy atom. The minimum atomic E-state index is 0.0293. The van der Waals surface area contributed by atoms with E-state index < -0.39 is 0 Å². The van der Waals surface area contributed by atoms with Crippen LogP contribution in [-0.4, -0.2) is 47.8 Å². The first-order chi connectivity index (χ1) is 8.32. The molecular weight excluding hydrogens is 228 g/mol. The van der Waals surface area contributed by atoms with Crippen molar-refractivity contribution in [1.82, 2.24) is 9.80 Å². The van der Waals surface area contributed by atoms with Crippen LogP contribution in [0.2, 0.25) is 0 Å². The quantitative estimate of drug-likeness (QED) is 0.751. The van der Waals surface area contributed by atoms with Gasteiger partial charge in [-0.3, -0.25) is 9.59 Å². The van der Waals surface area contributed by atoms with Crippen LogP contribution in [-0.2, 0) is 9.59 Å². The van der Waals surface area contributed by atoms with E-state index in [-0.39, 0.29) is 17.7 Å². The average molecular weight is 254 g/mol. The van der Waals surface area contributed by atoms with E-state index in [4.69, 9.17) is 0 Å². The van der Waals surface area contributed by atoms with E-state index in [0.717, 1.165) is 13.1 Å². The van der Waals surface area contributed by atoms with Gasteiger partial charge in [0.05, 0.1) is 0 Å². The third kappa shape index (κ3) is 3.72. The molecule has 4 nitrogen and oxygen atoms in total. The minimum absolute atomic E-state index is 0.0293. The normalized spacial score (nSPS) is 21.4. The van der Waals surface area contributed by atoms with Gasteiger partial charge in [0.25, 0.3) is 0 Å². The summed E-state index contributed by atoms with van der Waals surface area (Å²) in [5.74, 6) is 1.19. The molecule has 0 N–H and O–H groups in total. The van der Waals surface area contributed by atoms with Crippen LogP contribution in [0.15, 0.2) is 0 Å². The van der Waals surface area contributed by atoms with Crippen molar-refractivity contribution in [2.24, 2.45) is 17.8 Å². The molecule has 0 aromatic heterocycles. The van der Waals surface area contributed by atoms with Crippen molar-refractivity contribution < 1.29 is 9.59 Å². The summed E-state index contributed by atoms with van der Waals surface area (Å²) in [5, 5.41) is 0. The van der Waals surface area contributed by atoms with Crippen molar-refractivity contribution in [2.75, 3.05) is 26.2 Å². The molecule has 0 aromatic carbocycles. The Morgan fingerprint density at radius 1 is 1.00 bits per heavy atom. The Bertz CT molecular complexity index is 313. The number of nitrogens with zero attached hydrogens (tertiary/aromatic N) is 2. The molecule has 0 unspecified atom stereocenters. The molecule has 104 valence electrons. The lowest BCUT2D eigenvalue weighted by Gasteiger charge is -2.27. The topological polar surface area (TPSA) is 40.6 Å². The van der Waals surface area contributed by atoms with Gasteiger partial charge in [-0.25, -0.2) is 0 Å². The molecule has 0 aromatic rings. The van der Waals surface area contributed by atoms with Crippen molar-refractivity contribution in [1.29, 1.82) is 0 Å². The molecule has 1 saturated heterocycles. The zero-order valence-electron chi connectivity index (χ0n) is 12.3. The highest BCUT2D eigenvalue weighted by Crippen LogP contribution is 2.19. The first-order valence-corrected chi connectivity index (χ1v) is 6.87. The Balaban J connectivity index is 2.80. The Hall–Kier alpha value is -1.06. The molecule has 1 rings (SSSR count). The monoisotopic (exact) mass is 254 g/mol. The van der Waals surface area contributed by atoms with Gasteiger partial charge in [0.15, 0.2) is 0 Å². The third-order valence-electron chi connectivity index (χ3n) is 3.74. The van der Waals surface area contributed by atoms with E-state index >= 15 is 0 Å². The van der Waals surface area contributed by atoms with Gasteiger partial charge in [-0.15, -0.1) is 0 Å². The zero-order chi connectivity index (χ0) is 13.9. The number of carbonyl (C=O) groups is 2. The number of amides is 2. The second kappa shape index (κ2) is 6.21. The summed E-state index contributed by atoms with van der Waals surface area (Å²) in [7, 11) is 0. The first kappa shape index (κ1) is 15.0. The maximum Gasteiger partial charge on any atom is 0.225 e. The highest BCUT2D eigenvalue weighted by Gasteiger charge is 2.29. The van der Waals surface area contributed by atoms with E-state index in [2.05, 4.69) is 13.8 Å². The molecule has 0 saturated carbocycles. The van der Waals surface area contributed by atoms with Crippen LogP contribution in [0.1, 0.15) is 34.6 Å². The van der Waals surface area contributed by atoms with Gasteiger partial charge in [-0.05, 0) is 11.8 Å². The molecule has 0 aliphatic carbocycles. The summed E-state index contributed by atoms with van der Waals surface area (Å²) >= 11 is 0. The van der Waals surface area contributed by atoms with Crippen LogP contribution in [0, 0.1) is 17.8 Å². The molecule has 1 fully saturated rings. The maximum atomic E-state index is 12.1. The van der Waals surface area contributed by atoms with Gasteiger partial charge in [0.1, 0.15) is 0 Å². The Labute approximate surface area is 110 Å². The van der Waals surface area contributed by atoms with E-state index in [1.165, 1.54) is 0 Å². The first-order valence-electron chi connectivity index (χ1n) is 6.87. The summed E-state index contributed by atoms with van der Waals surface area (Å²) in [6.07, 6.45) is 0. The average Bonchev–Trinajstić information content (AvgIpc) is 2.50. The Kier molecular flexibility index (Phi) is 5.17. The fraction of sp³-hybridized carbons (Fsp3) is 0.857. The van der Waals surface area contributed by atoms with Crippen molar-refractivity contribution in [3.05, 3.63) is 0 Å². The van der Waals surface area contributed by atoms with Gasteiger partial charge in [0.2, 0.25) is 11.8 Å². The van der Waals surface area contributed by atoms with Gasteiger partial charge in [-0.2, -0.15) is 0 Å². The fourth-order valence-electron chi connectivity index (χ4n) is 2.32. The van der Waals surface area contributed by atoms with Crippen LogP contribution in [0.25, 0.3) is 0 Å². The predicted molar refractivity (Wildman–Crippen MR) is 72.0 cm³/mol. The van der Waals surface area contributed by atoms with Crippen molar-refractivity contribution in [3.63, 3.8) is 0 Å². The predicted octanol–water partition coefficient (Wildman–Crippen LogP) is 1.61. The second-order valence-electron chi connectivity index (χ2n) is 5.91. The van der Waals surface area contributed by atoms with Crippen molar-refractivity contribution in [3.8, 4) is 0 Å². The fourth-order valence-corrected chi connectivity index (χ4v) is 2.32. The van der Waals surface area contributed by atoms with Crippen LogP contribution in [0.4, 0.5) is 0 Å². The van der Waals surface area contributed by atoms with Gasteiger partial charge < -0.3 is 9.80 Å². The molecule has 0 bridgehead atoms. The summed E-state index contributed by atoms with van der Waals surface area (Å²) in [6, 6.07) is 0. The largest absolute Gasteiger partial charge is 0.341 e. The van der Waals surface area contributed by atoms with Gasteiger partial charge >= 0.3 is 0 Å². The summed E-state index contributed by atoms with van der Waals surface area (Å²) in [5.41, 5.74) is 0. The number of hydrogen-bond acceptors (Lipinski definition) is 2. The van der Waals surface area contributed by atoms with Crippen LogP contribution < -0.4 is 0 Å². The van der Waals surface area contributed by atoms with E-state index in [1.807, 2.05) is 23.6 Å². The summed E-state index contributed by atoms with van der Waals surface area (Å²) in [4.78, 5) is 27.5. The molecule has 18 heavy (non-hydrogen) atoms. The van der Waals surface area contributed by atoms with Gasteiger partial charge in [-0.1, -0.05) is 27.7 Å². The molecule has 1 atom stereocenters. The smallest absolute Gasteiger partial charge is 0.225 e. The van der Waals surface area contributed by atoms with Crippen LogP contribution >= 0.6 is 0 Å². The number of rotatable bonds is 2. The number of carbonyl (C=O) groups excluding carboxylic acids is 2. The molecule has 1 heterocycles. The third-order valence-corrected chi connectivity index (χ3v) is 3.74. The molecule has 2 amide bonds. The SMILES string of the molecule is CC(=O)N1CCN(C(=O)C(C)C)C[C@@H](C(C)C)C1. The van der Waals surface area contributed by atoms with Crippen LogP contribution in [0.5, 0.6) is 0 Å². The second-order valence-corrected chi connectivity index (χ2v) is 5.91. The Morgan fingerprint density at radius 3 is 1.94 bits per heavy atom.